The molecule has 1 aromatic carbocycles. The van der Waals surface area contributed by atoms with Crippen LogP contribution in [0.5, 0.6) is 0 Å². The van der Waals surface area contributed by atoms with Gasteiger partial charge in [-0.25, -0.2) is 9.78 Å². The van der Waals surface area contributed by atoms with E-state index in [4.69, 9.17) is 9.15 Å². The number of benzene rings is 1. The van der Waals surface area contributed by atoms with Crippen molar-refractivity contribution in [2.24, 2.45) is 0 Å². The second-order valence-corrected chi connectivity index (χ2v) is 7.11. The van der Waals surface area contributed by atoms with Crippen molar-refractivity contribution in [1.82, 2.24) is 14.8 Å². The number of ether oxygens (including phenoxy) is 1. The quantitative estimate of drug-likeness (QED) is 0.719. The Bertz CT molecular complexity index is 800. The molecule has 7 nitrogen and oxygen atoms in total. The molecule has 0 aliphatic carbocycles. The number of halogens is 1. The molecule has 0 saturated carbocycles. The molecule has 0 unspecified atom stereocenters. The van der Waals surface area contributed by atoms with E-state index >= 15 is 0 Å². The Balaban J connectivity index is 1.48. The minimum absolute atomic E-state index is 0.0423. The van der Waals surface area contributed by atoms with E-state index in [1.165, 1.54) is 0 Å². The molecule has 3 rings (SSSR count). The summed E-state index contributed by atoms with van der Waals surface area (Å²) in [7, 11) is 0. The van der Waals surface area contributed by atoms with Gasteiger partial charge in [-0.15, -0.1) is 0 Å². The molecule has 0 bridgehead atoms. The predicted molar refractivity (Wildman–Crippen MR) is 103 cm³/mol. The van der Waals surface area contributed by atoms with Crippen LogP contribution in [-0.2, 0) is 16.0 Å². The number of carbonyl (C=O) groups excluding carboxylic acids is 2. The Morgan fingerprint density at radius 1 is 1.22 bits per heavy atom. The first-order chi connectivity index (χ1) is 13.1. The van der Waals surface area contributed by atoms with Gasteiger partial charge in [-0.3, -0.25) is 4.79 Å². The smallest absolute Gasteiger partial charge is 0.409 e. The fraction of sp³-hybridized carbons (Fsp3) is 0.421. The molecule has 0 atom stereocenters. The normalized spacial score (nSPS) is 14.3. The number of rotatable bonds is 5. The average molecular weight is 436 g/mol. The van der Waals surface area contributed by atoms with Crippen molar-refractivity contribution in [2.75, 3.05) is 32.8 Å². The van der Waals surface area contributed by atoms with E-state index in [1.54, 1.807) is 22.9 Å². The molecule has 1 fully saturated rings. The van der Waals surface area contributed by atoms with Gasteiger partial charge in [0.15, 0.2) is 11.7 Å². The molecular formula is C19H22BrN3O4. The zero-order valence-electron chi connectivity index (χ0n) is 15.2. The van der Waals surface area contributed by atoms with Crippen LogP contribution in [0.2, 0.25) is 0 Å². The minimum atomic E-state index is -0.315. The third-order valence-corrected chi connectivity index (χ3v) is 4.87. The van der Waals surface area contributed by atoms with Gasteiger partial charge in [-0.2, -0.15) is 0 Å². The molecule has 1 aromatic heterocycles. The molecule has 2 heterocycles. The number of amides is 2. The van der Waals surface area contributed by atoms with E-state index in [0.29, 0.717) is 57.3 Å². The highest BCUT2D eigenvalue weighted by atomic mass is 79.9. The topological polar surface area (TPSA) is 75.9 Å². The minimum Gasteiger partial charge on any atom is -0.450 e. The van der Waals surface area contributed by atoms with Crippen molar-refractivity contribution in [3.8, 4) is 11.3 Å². The Kier molecular flexibility index (Phi) is 6.49. The summed E-state index contributed by atoms with van der Waals surface area (Å²) in [6.45, 7) is 4.17. The summed E-state index contributed by atoms with van der Waals surface area (Å²) in [4.78, 5) is 31.8. The molecular weight excluding hydrogens is 414 g/mol. The zero-order chi connectivity index (χ0) is 19.2. The van der Waals surface area contributed by atoms with Crippen LogP contribution in [0.1, 0.15) is 19.2 Å². The van der Waals surface area contributed by atoms with Gasteiger partial charge < -0.3 is 19.0 Å². The van der Waals surface area contributed by atoms with E-state index in [1.807, 2.05) is 24.3 Å². The lowest BCUT2D eigenvalue weighted by atomic mass is 10.2. The molecule has 0 spiro atoms. The summed E-state index contributed by atoms with van der Waals surface area (Å²) in [5.41, 5.74) is 0.935. The monoisotopic (exact) mass is 435 g/mol. The fourth-order valence-electron chi connectivity index (χ4n) is 2.93. The molecule has 8 heteroatoms. The maximum Gasteiger partial charge on any atom is 0.409 e. The van der Waals surface area contributed by atoms with Crippen LogP contribution in [-0.4, -0.2) is 59.6 Å². The van der Waals surface area contributed by atoms with E-state index in [9.17, 15) is 9.59 Å². The van der Waals surface area contributed by atoms with Crippen LogP contribution < -0.4 is 0 Å². The highest BCUT2D eigenvalue weighted by molar-refractivity contribution is 9.10. The predicted octanol–water partition coefficient (Wildman–Crippen LogP) is 3.34. The number of aromatic nitrogens is 1. The van der Waals surface area contributed by atoms with Crippen molar-refractivity contribution >= 4 is 27.9 Å². The number of hydrogen-bond acceptors (Lipinski definition) is 5. The van der Waals surface area contributed by atoms with Gasteiger partial charge in [-0.1, -0.05) is 28.1 Å². The molecule has 1 aliphatic rings. The number of nitrogens with zero attached hydrogens (tertiary/aromatic N) is 3. The first-order valence-corrected chi connectivity index (χ1v) is 9.76. The molecule has 1 saturated heterocycles. The van der Waals surface area contributed by atoms with Gasteiger partial charge in [0.25, 0.3) is 0 Å². The molecule has 144 valence electrons. The SMILES string of the molecule is CCOC(=O)N1CCN(C(=O)CCc2ncc(-c3cccc(Br)c3)o2)CC1. The standard InChI is InChI=1S/C19H22BrN3O4/c1-2-26-19(25)23-10-8-22(9-11-23)18(24)7-6-17-21-13-16(27-17)14-4-3-5-15(20)12-14/h3-5,12-13H,2,6-11H2,1H3. The van der Waals surface area contributed by atoms with Gasteiger partial charge in [-0.05, 0) is 19.1 Å². The van der Waals surface area contributed by atoms with Crippen LogP contribution >= 0.6 is 15.9 Å². The molecule has 2 amide bonds. The van der Waals surface area contributed by atoms with Crippen LogP contribution in [0.15, 0.2) is 39.4 Å². The largest absolute Gasteiger partial charge is 0.450 e. The molecule has 1 aliphatic heterocycles. The summed E-state index contributed by atoms with van der Waals surface area (Å²) in [5.74, 6) is 1.27. The zero-order valence-corrected chi connectivity index (χ0v) is 16.8. The summed E-state index contributed by atoms with van der Waals surface area (Å²) in [5, 5.41) is 0. The lowest BCUT2D eigenvalue weighted by Crippen LogP contribution is -2.50. The highest BCUT2D eigenvalue weighted by Crippen LogP contribution is 2.24. The number of oxazole rings is 1. The number of aryl methyl sites for hydroxylation is 1. The van der Waals surface area contributed by atoms with Crippen molar-refractivity contribution in [2.45, 2.75) is 19.8 Å². The Morgan fingerprint density at radius 2 is 1.96 bits per heavy atom. The molecule has 0 radical (unpaired) electrons. The van der Waals surface area contributed by atoms with Gasteiger partial charge in [0.1, 0.15) is 0 Å². The summed E-state index contributed by atoms with van der Waals surface area (Å²) in [6, 6.07) is 7.78. The molecule has 0 N–H and O–H groups in total. The molecule has 27 heavy (non-hydrogen) atoms. The third kappa shape index (κ3) is 5.09. The third-order valence-electron chi connectivity index (χ3n) is 4.37. The van der Waals surface area contributed by atoms with Gasteiger partial charge >= 0.3 is 6.09 Å². The highest BCUT2D eigenvalue weighted by Gasteiger charge is 2.24. The van der Waals surface area contributed by atoms with E-state index in [2.05, 4.69) is 20.9 Å². The Morgan fingerprint density at radius 3 is 2.67 bits per heavy atom. The molecule has 2 aromatic rings. The van der Waals surface area contributed by atoms with Crippen LogP contribution in [0.25, 0.3) is 11.3 Å². The van der Waals surface area contributed by atoms with E-state index in [0.717, 1.165) is 10.0 Å². The first-order valence-electron chi connectivity index (χ1n) is 8.97. The van der Waals surface area contributed by atoms with Crippen molar-refractivity contribution in [1.29, 1.82) is 0 Å². The second-order valence-electron chi connectivity index (χ2n) is 6.20. The second kappa shape index (κ2) is 9.03. The lowest BCUT2D eigenvalue weighted by Gasteiger charge is -2.34. The van der Waals surface area contributed by atoms with Crippen LogP contribution in [0.3, 0.4) is 0 Å². The lowest BCUT2D eigenvalue weighted by molar-refractivity contribution is -0.132. The summed E-state index contributed by atoms with van der Waals surface area (Å²) in [6.07, 6.45) is 2.15. The summed E-state index contributed by atoms with van der Waals surface area (Å²) >= 11 is 3.44. The van der Waals surface area contributed by atoms with Crippen molar-refractivity contribution in [3.63, 3.8) is 0 Å². The Labute approximate surface area is 166 Å². The maximum absolute atomic E-state index is 12.4. The van der Waals surface area contributed by atoms with Gasteiger partial charge in [0, 0.05) is 49.1 Å². The fourth-order valence-corrected chi connectivity index (χ4v) is 3.33. The number of hydrogen-bond donors (Lipinski definition) is 0. The first kappa shape index (κ1) is 19.4. The van der Waals surface area contributed by atoms with Crippen LogP contribution in [0.4, 0.5) is 4.79 Å². The van der Waals surface area contributed by atoms with Crippen molar-refractivity contribution < 1.29 is 18.7 Å². The number of carbonyl (C=O) groups is 2. The van der Waals surface area contributed by atoms with Gasteiger partial charge in [0.05, 0.1) is 12.8 Å². The average Bonchev–Trinajstić information content (AvgIpc) is 3.15. The van der Waals surface area contributed by atoms with Gasteiger partial charge in [0.2, 0.25) is 5.91 Å². The Hall–Kier alpha value is -2.35. The van der Waals surface area contributed by atoms with Crippen LogP contribution in [0, 0.1) is 0 Å². The summed E-state index contributed by atoms with van der Waals surface area (Å²) < 4.78 is 11.7. The van der Waals surface area contributed by atoms with E-state index < -0.39 is 0 Å². The number of piperazine rings is 1. The maximum atomic E-state index is 12.4. The van der Waals surface area contributed by atoms with Crippen molar-refractivity contribution in [3.05, 3.63) is 40.8 Å². The van der Waals surface area contributed by atoms with E-state index in [-0.39, 0.29) is 12.0 Å².